The molecule has 1 aliphatic heterocycles. The monoisotopic (exact) mass is 675 g/mol. The smallest absolute Gasteiger partial charge is 0.233 e. The maximum absolute atomic E-state index is 14.4. The number of methoxy groups -OCH3 is 2. The van der Waals surface area contributed by atoms with Crippen LogP contribution < -0.4 is 4.74 Å². The number of aliphatic hydroxyl groups is 2. The minimum atomic E-state index is -1.26. The number of hydrogen-bond donors (Lipinski definition) is 2. The first-order valence-corrected chi connectivity index (χ1v) is 17.5. The first-order chi connectivity index (χ1) is 22.5. The molecule has 47 heavy (non-hydrogen) atoms. The Hall–Kier alpha value is -2.84. The maximum atomic E-state index is 14.4. The van der Waals surface area contributed by atoms with E-state index in [0.717, 1.165) is 29.8 Å². The Morgan fingerprint density at radius 1 is 1.09 bits per heavy atom. The molecule has 2 N–H and O–H groups in total. The average molecular weight is 676 g/mol. The molecule has 3 rings (SSSR count). The van der Waals surface area contributed by atoms with E-state index in [2.05, 4.69) is 29.0 Å². The summed E-state index contributed by atoms with van der Waals surface area (Å²) in [5, 5.41) is 30.7. The second-order valence-electron chi connectivity index (χ2n) is 12.2. The van der Waals surface area contributed by atoms with Gasteiger partial charge in [0.05, 0.1) is 36.9 Å². The van der Waals surface area contributed by atoms with Crippen LogP contribution in [0.5, 0.6) is 5.75 Å². The Morgan fingerprint density at radius 2 is 1.83 bits per heavy atom. The van der Waals surface area contributed by atoms with Gasteiger partial charge >= 0.3 is 0 Å². The van der Waals surface area contributed by atoms with E-state index in [0.29, 0.717) is 36.9 Å². The quantitative estimate of drug-likeness (QED) is 0.377. The molecule has 2 amide bonds. The summed E-state index contributed by atoms with van der Waals surface area (Å²) in [7, 11) is 3.06. The fourth-order valence-electron chi connectivity index (χ4n) is 5.93. The van der Waals surface area contributed by atoms with Crippen LogP contribution in [0, 0.1) is 11.8 Å². The zero-order chi connectivity index (χ0) is 34.5. The van der Waals surface area contributed by atoms with Crippen molar-refractivity contribution in [2.24, 2.45) is 11.8 Å². The van der Waals surface area contributed by atoms with Crippen LogP contribution in [0.3, 0.4) is 0 Å². The standard InChI is InChI=1S/C34H53N5O7S/c1-8-27-28(9-2)36-37-34(35-27)47-21-31(42)39-15-10-11-16-46-20-29(41)33(43)30(45-7)19-38(23(5)40)18-26(22(3)4)32(39)24-13-12-14-25(17-24)44-6/h12-14,17,22,26,29-30,32-33,41,43H,8-11,15-16,18-21H2,1-7H3/t26-,29+,30+,32-,33+/m1/s1. The van der Waals surface area contributed by atoms with Gasteiger partial charge in [0.1, 0.15) is 24.1 Å². The van der Waals surface area contributed by atoms with Crippen LogP contribution in [0.4, 0.5) is 0 Å². The third kappa shape index (κ3) is 10.8. The van der Waals surface area contributed by atoms with Crippen molar-refractivity contribution in [3.05, 3.63) is 41.2 Å². The Labute approximate surface area is 283 Å². The summed E-state index contributed by atoms with van der Waals surface area (Å²) in [5.74, 6) is 0.305. The Bertz CT molecular complexity index is 1290. The zero-order valence-corrected chi connectivity index (χ0v) is 29.7. The lowest BCUT2D eigenvalue weighted by molar-refractivity contribution is -0.139. The van der Waals surface area contributed by atoms with Crippen molar-refractivity contribution in [3.8, 4) is 5.75 Å². The van der Waals surface area contributed by atoms with Crippen LogP contribution in [0.25, 0.3) is 0 Å². The van der Waals surface area contributed by atoms with Crippen molar-refractivity contribution in [1.82, 2.24) is 25.0 Å². The van der Waals surface area contributed by atoms with Crippen LogP contribution in [0.1, 0.15) is 70.5 Å². The lowest BCUT2D eigenvalue weighted by atomic mass is 9.82. The number of ether oxygens (including phenoxy) is 3. The molecule has 5 atom stereocenters. The van der Waals surface area contributed by atoms with Gasteiger partial charge in [-0.1, -0.05) is 51.6 Å². The summed E-state index contributed by atoms with van der Waals surface area (Å²) >= 11 is 1.27. The highest BCUT2D eigenvalue weighted by molar-refractivity contribution is 7.99. The maximum Gasteiger partial charge on any atom is 0.233 e. The highest BCUT2D eigenvalue weighted by Gasteiger charge is 2.37. The molecule has 1 aliphatic rings. The number of aryl methyl sites for hydroxylation is 2. The molecule has 0 aliphatic carbocycles. The molecule has 262 valence electrons. The molecule has 0 bridgehead atoms. The first-order valence-electron chi connectivity index (χ1n) is 16.5. The van der Waals surface area contributed by atoms with Crippen LogP contribution >= 0.6 is 11.8 Å². The summed E-state index contributed by atoms with van der Waals surface area (Å²) in [6, 6.07) is 7.30. The lowest BCUT2D eigenvalue weighted by Gasteiger charge is -2.42. The fourth-order valence-corrected chi connectivity index (χ4v) is 6.62. The molecule has 2 heterocycles. The van der Waals surface area contributed by atoms with E-state index in [1.54, 1.807) is 12.0 Å². The van der Waals surface area contributed by atoms with Gasteiger partial charge in [-0.3, -0.25) is 9.59 Å². The number of aliphatic hydroxyl groups excluding tert-OH is 2. The molecule has 1 aromatic heterocycles. The van der Waals surface area contributed by atoms with Crippen LogP contribution in [-0.4, -0.2) is 118 Å². The molecular weight excluding hydrogens is 622 g/mol. The summed E-state index contributed by atoms with van der Waals surface area (Å²) in [5.41, 5.74) is 2.64. The molecule has 13 heteroatoms. The highest BCUT2D eigenvalue weighted by Crippen LogP contribution is 2.37. The van der Waals surface area contributed by atoms with Crippen molar-refractivity contribution in [1.29, 1.82) is 0 Å². The largest absolute Gasteiger partial charge is 0.497 e. The molecule has 0 unspecified atom stereocenters. The van der Waals surface area contributed by atoms with E-state index in [4.69, 9.17) is 14.2 Å². The van der Waals surface area contributed by atoms with Crippen LogP contribution in [-0.2, 0) is 31.9 Å². The third-order valence-corrected chi connectivity index (χ3v) is 9.57. The van der Waals surface area contributed by atoms with Crippen molar-refractivity contribution in [3.63, 3.8) is 0 Å². The molecule has 0 saturated carbocycles. The van der Waals surface area contributed by atoms with Crippen molar-refractivity contribution in [2.45, 2.75) is 89.8 Å². The Morgan fingerprint density at radius 3 is 2.47 bits per heavy atom. The van der Waals surface area contributed by atoms with E-state index in [9.17, 15) is 19.8 Å². The molecule has 0 spiro atoms. The van der Waals surface area contributed by atoms with Gasteiger partial charge in [-0.2, -0.15) is 5.10 Å². The third-order valence-electron chi connectivity index (χ3n) is 8.75. The number of thioether (sulfide) groups is 1. The predicted molar refractivity (Wildman–Crippen MR) is 180 cm³/mol. The lowest BCUT2D eigenvalue weighted by Crippen LogP contribution is -2.51. The summed E-state index contributed by atoms with van der Waals surface area (Å²) < 4.78 is 16.9. The van der Waals surface area contributed by atoms with E-state index in [-0.39, 0.29) is 49.1 Å². The van der Waals surface area contributed by atoms with Gasteiger partial charge in [-0.15, -0.1) is 5.10 Å². The van der Waals surface area contributed by atoms with Gasteiger partial charge in [-0.05, 0) is 49.3 Å². The van der Waals surface area contributed by atoms with Crippen molar-refractivity contribution in [2.75, 3.05) is 52.8 Å². The second kappa shape index (κ2) is 19.2. The molecule has 1 fully saturated rings. The summed E-state index contributed by atoms with van der Waals surface area (Å²) in [4.78, 5) is 35.7. The second-order valence-corrected chi connectivity index (χ2v) is 13.2. The summed E-state index contributed by atoms with van der Waals surface area (Å²) in [6.45, 7) is 10.7. The molecule has 2 aromatic rings. The molecule has 0 radical (unpaired) electrons. The predicted octanol–water partition coefficient (Wildman–Crippen LogP) is 3.33. The Kier molecular flexibility index (Phi) is 15.8. The minimum Gasteiger partial charge on any atom is -0.497 e. The molecule has 1 aromatic carbocycles. The molecule has 1 saturated heterocycles. The van der Waals surface area contributed by atoms with Gasteiger partial charge in [0.25, 0.3) is 0 Å². The van der Waals surface area contributed by atoms with Gasteiger partial charge in [0.2, 0.25) is 17.0 Å². The number of benzene rings is 1. The number of hydrogen-bond acceptors (Lipinski definition) is 11. The molecule has 12 nitrogen and oxygen atoms in total. The SMILES string of the molecule is CCc1nnc(SCC(=O)N2CCCCOC[C@H](O)[C@H](O)[C@@H](OC)CN(C(C)=O)C[C@H](C(C)C)[C@H]2c2cccc(OC)c2)nc1CC. The van der Waals surface area contributed by atoms with Gasteiger partial charge in [-0.25, -0.2) is 4.98 Å². The van der Waals surface area contributed by atoms with E-state index in [1.807, 2.05) is 43.0 Å². The first kappa shape index (κ1) is 38.6. The molecular formula is C34H53N5O7S. The topological polar surface area (TPSA) is 147 Å². The van der Waals surface area contributed by atoms with Crippen LogP contribution in [0.2, 0.25) is 0 Å². The van der Waals surface area contributed by atoms with Gasteiger partial charge < -0.3 is 34.2 Å². The normalized spacial score (nSPS) is 23.7. The van der Waals surface area contributed by atoms with Crippen molar-refractivity contribution >= 4 is 23.6 Å². The average Bonchev–Trinajstić information content (AvgIpc) is 3.07. The highest BCUT2D eigenvalue weighted by atomic mass is 32.2. The number of aromatic nitrogens is 3. The number of rotatable bonds is 9. The zero-order valence-electron chi connectivity index (χ0n) is 28.9. The number of carbonyl (C=O) groups is 2. The van der Waals surface area contributed by atoms with E-state index < -0.39 is 24.4 Å². The van der Waals surface area contributed by atoms with Gasteiger partial charge in [0, 0.05) is 46.2 Å². The van der Waals surface area contributed by atoms with E-state index >= 15 is 0 Å². The number of carbonyl (C=O) groups excluding carboxylic acids is 2. The number of amides is 2. The fraction of sp³-hybridized carbons (Fsp3) is 0.676. The van der Waals surface area contributed by atoms with Gasteiger partial charge in [0.15, 0.2) is 0 Å². The summed E-state index contributed by atoms with van der Waals surface area (Å²) in [6.07, 6.45) is -0.547. The van der Waals surface area contributed by atoms with Crippen molar-refractivity contribution < 1.29 is 34.0 Å². The van der Waals surface area contributed by atoms with E-state index in [1.165, 1.54) is 25.8 Å². The van der Waals surface area contributed by atoms with Crippen LogP contribution in [0.15, 0.2) is 29.4 Å². The minimum absolute atomic E-state index is 0.0350. The Balaban J connectivity index is 2.08. The number of nitrogens with zero attached hydrogens (tertiary/aromatic N) is 5.